The number of hydrogen-bond acceptors (Lipinski definition) is 4. The van der Waals surface area contributed by atoms with E-state index in [0.29, 0.717) is 0 Å². The second-order valence-electron chi connectivity index (χ2n) is 4.25. The van der Waals surface area contributed by atoms with Gasteiger partial charge in [-0.05, 0) is 36.6 Å². The Morgan fingerprint density at radius 2 is 1.85 bits per heavy atom. The Morgan fingerprint density at radius 3 is 2.30 bits per heavy atom. The smallest absolute Gasteiger partial charge is 0.326 e. The molecule has 0 unspecified atom stereocenters. The van der Waals surface area contributed by atoms with Crippen molar-refractivity contribution in [2.45, 2.75) is 26.7 Å². The first-order valence-electron chi connectivity index (χ1n) is 6.17. The van der Waals surface area contributed by atoms with Gasteiger partial charge in [-0.15, -0.1) is 0 Å². The van der Waals surface area contributed by atoms with Gasteiger partial charge in [-0.25, -0.2) is 4.39 Å². The van der Waals surface area contributed by atoms with Crippen LogP contribution in [0.25, 0.3) is 0 Å². The molecule has 1 aromatic carbocycles. The highest BCUT2D eigenvalue weighted by Crippen LogP contribution is 2.34. The van der Waals surface area contributed by atoms with Crippen molar-refractivity contribution in [3.05, 3.63) is 24.0 Å². The summed E-state index contributed by atoms with van der Waals surface area (Å²) in [4.78, 5) is 23.8. The van der Waals surface area contributed by atoms with Crippen LogP contribution in [0.1, 0.15) is 26.7 Å². The number of methoxy groups -OCH3 is 1. The van der Waals surface area contributed by atoms with Crippen molar-refractivity contribution in [3.63, 3.8) is 0 Å². The molecule has 110 valence electrons. The van der Waals surface area contributed by atoms with Crippen LogP contribution in [0.2, 0.25) is 0 Å². The lowest BCUT2D eigenvalue weighted by Crippen LogP contribution is -2.39. The Balaban J connectivity index is 3.09. The molecule has 0 N–H and O–H groups in total. The maximum atomic E-state index is 13.1. The standard InChI is InChI=1S/C14H16ClFO4/c1-4-14(5-2,12(15)17)13(18)20-10-7-6-9(16)8-11(10)19-3/h6-8H,4-5H2,1-3H3. The molecular weight excluding hydrogens is 287 g/mol. The van der Waals surface area contributed by atoms with Gasteiger partial charge in [0, 0.05) is 6.07 Å². The summed E-state index contributed by atoms with van der Waals surface area (Å²) in [6.07, 6.45) is 0.433. The summed E-state index contributed by atoms with van der Waals surface area (Å²) < 4.78 is 23.2. The van der Waals surface area contributed by atoms with E-state index in [1.54, 1.807) is 13.8 Å². The lowest BCUT2D eigenvalue weighted by Gasteiger charge is -2.24. The zero-order valence-corrected chi connectivity index (χ0v) is 12.3. The van der Waals surface area contributed by atoms with Crippen LogP contribution in [0.4, 0.5) is 4.39 Å². The average Bonchev–Trinajstić information content (AvgIpc) is 2.42. The molecule has 0 atom stereocenters. The summed E-state index contributed by atoms with van der Waals surface area (Å²) >= 11 is 5.53. The van der Waals surface area contributed by atoms with Crippen molar-refractivity contribution >= 4 is 22.8 Å². The van der Waals surface area contributed by atoms with Crippen LogP contribution >= 0.6 is 11.6 Å². The van der Waals surface area contributed by atoms with Crippen molar-refractivity contribution < 1.29 is 23.5 Å². The molecule has 1 aromatic rings. The van der Waals surface area contributed by atoms with Crippen molar-refractivity contribution in [3.8, 4) is 11.5 Å². The third-order valence-electron chi connectivity index (χ3n) is 3.30. The number of benzene rings is 1. The van der Waals surface area contributed by atoms with Gasteiger partial charge < -0.3 is 9.47 Å². The van der Waals surface area contributed by atoms with E-state index in [9.17, 15) is 14.0 Å². The number of rotatable bonds is 6. The Hall–Kier alpha value is -1.62. The van der Waals surface area contributed by atoms with Gasteiger partial charge in [0.05, 0.1) is 7.11 Å². The van der Waals surface area contributed by atoms with E-state index < -0.39 is 22.4 Å². The van der Waals surface area contributed by atoms with Gasteiger partial charge >= 0.3 is 5.97 Å². The fourth-order valence-corrected chi connectivity index (χ4v) is 2.16. The number of halogens is 2. The first-order valence-corrected chi connectivity index (χ1v) is 6.54. The molecule has 0 aliphatic heterocycles. The second-order valence-corrected chi connectivity index (χ2v) is 4.59. The molecule has 0 aliphatic carbocycles. The molecule has 0 bridgehead atoms. The highest BCUT2D eigenvalue weighted by molar-refractivity contribution is 6.66. The normalized spacial score (nSPS) is 11.1. The molecule has 0 radical (unpaired) electrons. The first kappa shape index (κ1) is 16.4. The predicted molar refractivity (Wildman–Crippen MR) is 72.5 cm³/mol. The summed E-state index contributed by atoms with van der Waals surface area (Å²) in [5.41, 5.74) is -1.40. The van der Waals surface area contributed by atoms with Crippen molar-refractivity contribution in [2.24, 2.45) is 5.41 Å². The van der Waals surface area contributed by atoms with Crippen LogP contribution in [-0.4, -0.2) is 18.3 Å². The summed E-state index contributed by atoms with van der Waals surface area (Å²) in [7, 11) is 1.33. The molecule has 0 fully saturated rings. The van der Waals surface area contributed by atoms with E-state index in [1.165, 1.54) is 13.2 Å². The van der Waals surface area contributed by atoms with E-state index in [4.69, 9.17) is 21.1 Å². The summed E-state index contributed by atoms with van der Waals surface area (Å²) in [6.45, 7) is 3.35. The van der Waals surface area contributed by atoms with Crippen LogP contribution in [-0.2, 0) is 9.59 Å². The van der Waals surface area contributed by atoms with Crippen molar-refractivity contribution in [1.82, 2.24) is 0 Å². The molecule has 0 aliphatic rings. The van der Waals surface area contributed by atoms with Gasteiger partial charge in [0.15, 0.2) is 11.5 Å². The van der Waals surface area contributed by atoms with Gasteiger partial charge in [-0.2, -0.15) is 0 Å². The van der Waals surface area contributed by atoms with E-state index in [-0.39, 0.29) is 24.3 Å². The number of hydrogen-bond donors (Lipinski definition) is 0. The first-order chi connectivity index (χ1) is 9.41. The maximum absolute atomic E-state index is 13.1. The van der Waals surface area contributed by atoms with E-state index in [2.05, 4.69) is 0 Å². The summed E-state index contributed by atoms with van der Waals surface area (Å²) in [5, 5.41) is -0.770. The van der Waals surface area contributed by atoms with Gasteiger partial charge in [-0.1, -0.05) is 13.8 Å². The monoisotopic (exact) mass is 302 g/mol. The minimum absolute atomic E-state index is 0.0445. The molecule has 0 spiro atoms. The third-order valence-corrected chi connectivity index (χ3v) is 3.66. The molecule has 4 nitrogen and oxygen atoms in total. The molecule has 0 amide bonds. The Labute approximate surface area is 121 Å². The Bertz CT molecular complexity index is 512. The lowest BCUT2D eigenvalue weighted by molar-refractivity contribution is -0.150. The highest BCUT2D eigenvalue weighted by atomic mass is 35.5. The summed E-state index contributed by atoms with van der Waals surface area (Å²) in [6, 6.07) is 3.48. The zero-order valence-electron chi connectivity index (χ0n) is 11.5. The fraction of sp³-hybridized carbons (Fsp3) is 0.429. The predicted octanol–water partition coefficient (Wildman–Crippen LogP) is 3.31. The van der Waals surface area contributed by atoms with Crippen LogP contribution in [0.15, 0.2) is 18.2 Å². The van der Waals surface area contributed by atoms with Crippen LogP contribution in [0.5, 0.6) is 11.5 Å². The molecule has 0 aromatic heterocycles. The molecule has 0 saturated carbocycles. The highest BCUT2D eigenvalue weighted by Gasteiger charge is 2.43. The molecule has 1 rings (SSSR count). The topological polar surface area (TPSA) is 52.6 Å². The van der Waals surface area contributed by atoms with Gasteiger partial charge in [0.1, 0.15) is 11.2 Å². The molecule has 0 saturated heterocycles. The fourth-order valence-electron chi connectivity index (χ4n) is 1.82. The van der Waals surface area contributed by atoms with E-state index in [1.807, 2.05) is 0 Å². The average molecular weight is 303 g/mol. The molecule has 20 heavy (non-hydrogen) atoms. The molecule has 6 heteroatoms. The van der Waals surface area contributed by atoms with E-state index in [0.717, 1.165) is 12.1 Å². The van der Waals surface area contributed by atoms with Crippen molar-refractivity contribution in [2.75, 3.05) is 7.11 Å². The van der Waals surface area contributed by atoms with Gasteiger partial charge in [-0.3, -0.25) is 9.59 Å². The number of carbonyl (C=O) groups is 2. The largest absolute Gasteiger partial charge is 0.493 e. The Kier molecular flexibility index (Phi) is 5.51. The third kappa shape index (κ3) is 3.10. The van der Waals surface area contributed by atoms with Crippen LogP contribution in [0, 0.1) is 11.2 Å². The minimum atomic E-state index is -1.40. The quantitative estimate of drug-likeness (QED) is 0.350. The van der Waals surface area contributed by atoms with Crippen LogP contribution < -0.4 is 9.47 Å². The van der Waals surface area contributed by atoms with Crippen LogP contribution in [0.3, 0.4) is 0 Å². The van der Waals surface area contributed by atoms with E-state index >= 15 is 0 Å². The molecule has 0 heterocycles. The number of carbonyl (C=O) groups excluding carboxylic acids is 2. The maximum Gasteiger partial charge on any atom is 0.326 e. The number of esters is 1. The van der Waals surface area contributed by atoms with Crippen molar-refractivity contribution in [1.29, 1.82) is 0 Å². The zero-order chi connectivity index (χ0) is 15.3. The lowest BCUT2D eigenvalue weighted by atomic mass is 9.84. The Morgan fingerprint density at radius 1 is 1.25 bits per heavy atom. The second kappa shape index (κ2) is 6.70. The van der Waals surface area contributed by atoms with Gasteiger partial charge in [0.25, 0.3) is 0 Å². The SMILES string of the molecule is CCC(CC)(C(=O)Cl)C(=O)Oc1ccc(F)cc1OC. The minimum Gasteiger partial charge on any atom is -0.493 e. The number of ether oxygens (including phenoxy) is 2. The van der Waals surface area contributed by atoms with Gasteiger partial charge in [0.2, 0.25) is 5.24 Å². The summed E-state index contributed by atoms with van der Waals surface area (Å²) in [5.74, 6) is -1.18. The molecular formula is C14H16ClFO4.